The lowest BCUT2D eigenvalue weighted by Gasteiger charge is -2.37. The zero-order valence-corrected chi connectivity index (χ0v) is 19.4. The Morgan fingerprint density at radius 2 is 1.93 bits per heavy atom. The zero-order chi connectivity index (χ0) is 19.3. The Bertz CT molecular complexity index is 577. The van der Waals surface area contributed by atoms with Crippen molar-refractivity contribution in [2.45, 2.75) is 39.0 Å². The number of rotatable bonds is 9. The number of ether oxygens (including phenoxy) is 1. The van der Waals surface area contributed by atoms with Crippen LogP contribution in [0.25, 0.3) is 0 Å². The number of esters is 1. The van der Waals surface area contributed by atoms with Gasteiger partial charge >= 0.3 is 5.97 Å². The second kappa shape index (κ2) is 14.4. The average Bonchev–Trinajstić information content (AvgIpc) is 2.71. The van der Waals surface area contributed by atoms with Gasteiger partial charge in [0.2, 0.25) is 0 Å². The number of hydrogen-bond acceptors (Lipinski definition) is 5. The minimum Gasteiger partial charge on any atom is -0.466 e. The van der Waals surface area contributed by atoms with Gasteiger partial charge in [-0.25, -0.2) is 4.98 Å². The molecule has 0 spiro atoms. The molecule has 0 bridgehead atoms. The third-order valence-electron chi connectivity index (χ3n) is 4.66. The van der Waals surface area contributed by atoms with E-state index in [4.69, 9.17) is 4.74 Å². The number of unbranched alkanes of at least 4 members (excludes halogenated alkanes) is 3. The number of piperazine rings is 1. The molecule has 0 amide bonds. The summed E-state index contributed by atoms with van der Waals surface area (Å²) >= 11 is 0. The predicted molar refractivity (Wildman–Crippen MR) is 125 cm³/mol. The van der Waals surface area contributed by atoms with Crippen LogP contribution in [-0.4, -0.2) is 68.2 Å². The molecule has 1 N–H and O–H groups in total. The summed E-state index contributed by atoms with van der Waals surface area (Å²) in [5, 5.41) is 3.46. The van der Waals surface area contributed by atoms with Crippen LogP contribution in [0, 0.1) is 0 Å². The van der Waals surface area contributed by atoms with E-state index in [1.54, 1.807) is 0 Å². The van der Waals surface area contributed by atoms with E-state index in [2.05, 4.69) is 31.2 Å². The molecule has 7 nitrogen and oxygen atoms in total. The standard InChI is InChI=1S/C20H33N5O2.HI/c1-3-27-19(26)11-6-4-5-8-13-23-20(21-2)25-16-14-24(15-17-25)18-10-7-9-12-22-18;/h7,9-10,12H,3-6,8,11,13-17H2,1-2H3,(H,21,23);1H. The molecule has 0 unspecified atom stereocenters. The first kappa shape index (κ1) is 24.5. The Morgan fingerprint density at radius 1 is 1.18 bits per heavy atom. The van der Waals surface area contributed by atoms with Crippen molar-refractivity contribution in [2.24, 2.45) is 4.99 Å². The van der Waals surface area contributed by atoms with Crippen LogP contribution in [0.4, 0.5) is 5.82 Å². The minimum atomic E-state index is -0.0825. The highest BCUT2D eigenvalue weighted by atomic mass is 127. The van der Waals surface area contributed by atoms with E-state index < -0.39 is 0 Å². The summed E-state index contributed by atoms with van der Waals surface area (Å²) in [5.41, 5.74) is 0. The maximum Gasteiger partial charge on any atom is 0.305 e. The third kappa shape index (κ3) is 8.62. The number of carbonyl (C=O) groups excluding carboxylic acids is 1. The average molecular weight is 503 g/mol. The molecule has 1 aliphatic rings. The Morgan fingerprint density at radius 3 is 2.57 bits per heavy atom. The van der Waals surface area contributed by atoms with E-state index in [1.165, 1.54) is 0 Å². The number of nitrogens with one attached hydrogen (secondary N) is 1. The highest BCUT2D eigenvalue weighted by Gasteiger charge is 2.20. The number of halogens is 1. The second-order valence-electron chi connectivity index (χ2n) is 6.61. The quantitative estimate of drug-likeness (QED) is 0.184. The molecule has 0 radical (unpaired) electrons. The summed E-state index contributed by atoms with van der Waals surface area (Å²) in [5.74, 6) is 1.94. The third-order valence-corrected chi connectivity index (χ3v) is 4.66. The van der Waals surface area contributed by atoms with Crippen LogP contribution in [0.2, 0.25) is 0 Å². The van der Waals surface area contributed by atoms with E-state index in [-0.39, 0.29) is 29.9 Å². The summed E-state index contributed by atoms with van der Waals surface area (Å²) in [6, 6.07) is 6.04. The molecule has 1 aliphatic heterocycles. The highest BCUT2D eigenvalue weighted by molar-refractivity contribution is 14.0. The summed E-state index contributed by atoms with van der Waals surface area (Å²) in [4.78, 5) is 24.8. The van der Waals surface area contributed by atoms with Crippen molar-refractivity contribution in [1.29, 1.82) is 0 Å². The molecule has 0 aromatic carbocycles. The van der Waals surface area contributed by atoms with Crippen LogP contribution in [-0.2, 0) is 9.53 Å². The van der Waals surface area contributed by atoms with Crippen molar-refractivity contribution in [3.8, 4) is 0 Å². The van der Waals surface area contributed by atoms with Crippen LogP contribution in [0.3, 0.4) is 0 Å². The molecule has 8 heteroatoms. The van der Waals surface area contributed by atoms with Crippen molar-refractivity contribution in [3.63, 3.8) is 0 Å². The minimum absolute atomic E-state index is 0. The lowest BCUT2D eigenvalue weighted by molar-refractivity contribution is -0.143. The Balaban J connectivity index is 0.00000392. The van der Waals surface area contributed by atoms with Gasteiger partial charge in [0.05, 0.1) is 6.61 Å². The van der Waals surface area contributed by atoms with Crippen LogP contribution in [0.15, 0.2) is 29.4 Å². The summed E-state index contributed by atoms with van der Waals surface area (Å²) in [6.07, 6.45) is 6.52. The van der Waals surface area contributed by atoms with Gasteiger partial charge < -0.3 is 19.9 Å². The maximum atomic E-state index is 11.3. The maximum absolute atomic E-state index is 11.3. The smallest absolute Gasteiger partial charge is 0.305 e. The van der Waals surface area contributed by atoms with Crippen molar-refractivity contribution in [1.82, 2.24) is 15.2 Å². The molecule has 2 rings (SSSR count). The van der Waals surface area contributed by atoms with Gasteiger partial charge in [0.1, 0.15) is 5.82 Å². The molecule has 0 atom stereocenters. The monoisotopic (exact) mass is 503 g/mol. The molecule has 158 valence electrons. The van der Waals surface area contributed by atoms with Gasteiger partial charge in [-0.05, 0) is 31.9 Å². The first-order valence-corrected chi connectivity index (χ1v) is 10.0. The van der Waals surface area contributed by atoms with Gasteiger partial charge in [-0.1, -0.05) is 18.9 Å². The van der Waals surface area contributed by atoms with Gasteiger partial charge in [-0.15, -0.1) is 24.0 Å². The SMILES string of the molecule is CCOC(=O)CCCCCCNC(=NC)N1CCN(c2ccccn2)CC1.I. The molecule has 1 aromatic heterocycles. The highest BCUT2D eigenvalue weighted by Crippen LogP contribution is 2.12. The van der Waals surface area contributed by atoms with E-state index >= 15 is 0 Å². The van der Waals surface area contributed by atoms with Crippen molar-refractivity contribution in [2.75, 3.05) is 51.3 Å². The lowest BCUT2D eigenvalue weighted by Crippen LogP contribution is -2.52. The van der Waals surface area contributed by atoms with Gasteiger partial charge in [0.15, 0.2) is 5.96 Å². The second-order valence-corrected chi connectivity index (χ2v) is 6.61. The van der Waals surface area contributed by atoms with Gasteiger partial charge in [0, 0.05) is 52.4 Å². The normalized spacial score (nSPS) is 14.4. The van der Waals surface area contributed by atoms with E-state index in [9.17, 15) is 4.79 Å². The van der Waals surface area contributed by atoms with Crippen molar-refractivity contribution >= 4 is 41.7 Å². The summed E-state index contributed by atoms with van der Waals surface area (Å²) < 4.78 is 4.94. The Kier molecular flexibility index (Phi) is 12.6. The molecule has 2 heterocycles. The fourth-order valence-corrected chi connectivity index (χ4v) is 3.20. The number of anilines is 1. The fourth-order valence-electron chi connectivity index (χ4n) is 3.20. The molecule has 1 aromatic rings. The van der Waals surface area contributed by atoms with Gasteiger partial charge in [-0.2, -0.15) is 0 Å². The van der Waals surface area contributed by atoms with Crippen LogP contribution < -0.4 is 10.2 Å². The van der Waals surface area contributed by atoms with Crippen LogP contribution in [0.5, 0.6) is 0 Å². The van der Waals surface area contributed by atoms with Crippen LogP contribution >= 0.6 is 24.0 Å². The Labute approximate surface area is 186 Å². The fraction of sp³-hybridized carbons (Fsp3) is 0.650. The molecular formula is C20H34IN5O2. The molecule has 1 fully saturated rings. The zero-order valence-electron chi connectivity index (χ0n) is 17.1. The molecule has 0 saturated carbocycles. The largest absolute Gasteiger partial charge is 0.466 e. The summed E-state index contributed by atoms with van der Waals surface area (Å²) in [7, 11) is 1.84. The first-order valence-electron chi connectivity index (χ1n) is 10.0. The molecule has 28 heavy (non-hydrogen) atoms. The number of aromatic nitrogens is 1. The lowest BCUT2D eigenvalue weighted by atomic mass is 10.1. The predicted octanol–water partition coefficient (Wildman–Crippen LogP) is 2.91. The Hall–Kier alpha value is -1.58. The molecule has 0 aliphatic carbocycles. The van der Waals surface area contributed by atoms with Crippen molar-refractivity contribution < 1.29 is 9.53 Å². The molecular weight excluding hydrogens is 469 g/mol. The van der Waals surface area contributed by atoms with Crippen molar-refractivity contribution in [3.05, 3.63) is 24.4 Å². The number of guanidine groups is 1. The molecule has 1 saturated heterocycles. The number of hydrogen-bond donors (Lipinski definition) is 1. The number of aliphatic imine (C=N–C) groups is 1. The van der Waals surface area contributed by atoms with E-state index in [0.717, 1.165) is 70.2 Å². The number of carbonyl (C=O) groups is 1. The van der Waals surface area contributed by atoms with E-state index in [0.29, 0.717) is 13.0 Å². The van der Waals surface area contributed by atoms with Crippen LogP contribution in [0.1, 0.15) is 39.0 Å². The van der Waals surface area contributed by atoms with E-state index in [1.807, 2.05) is 32.3 Å². The number of nitrogens with zero attached hydrogens (tertiary/aromatic N) is 4. The van der Waals surface area contributed by atoms with Gasteiger partial charge in [0.25, 0.3) is 0 Å². The number of pyridine rings is 1. The topological polar surface area (TPSA) is 70.1 Å². The van der Waals surface area contributed by atoms with Gasteiger partial charge in [-0.3, -0.25) is 9.79 Å². The summed E-state index contributed by atoms with van der Waals surface area (Å²) in [6.45, 7) is 7.00. The first-order chi connectivity index (χ1) is 13.2.